The molecule has 0 amide bonds. The van der Waals surface area contributed by atoms with Crippen LogP contribution in [-0.4, -0.2) is 21.4 Å². The number of rotatable bonds is 7. The highest BCUT2D eigenvalue weighted by atomic mass is 32.1. The van der Waals surface area contributed by atoms with Crippen molar-refractivity contribution in [1.29, 1.82) is 0 Å². The summed E-state index contributed by atoms with van der Waals surface area (Å²) in [5.41, 5.74) is 3.58. The van der Waals surface area contributed by atoms with Crippen molar-refractivity contribution in [3.05, 3.63) is 47.8 Å². The average Bonchev–Trinajstić information content (AvgIpc) is 2.96. The lowest BCUT2D eigenvalue weighted by Gasteiger charge is -2.13. The Morgan fingerprint density at radius 3 is 2.61 bits per heavy atom. The number of aromatic nitrogens is 2. The summed E-state index contributed by atoms with van der Waals surface area (Å²) in [6, 6.07) is 10.5. The van der Waals surface area contributed by atoms with E-state index in [4.69, 9.17) is 12.2 Å². The van der Waals surface area contributed by atoms with Crippen LogP contribution in [0.4, 0.5) is 5.69 Å². The fraction of sp³-hybridized carbons (Fsp3) is 0.444. The van der Waals surface area contributed by atoms with Gasteiger partial charge in [0.1, 0.15) is 0 Å². The summed E-state index contributed by atoms with van der Waals surface area (Å²) in [6.45, 7) is 8.25. The smallest absolute Gasteiger partial charge is 0.170 e. The molecule has 4 nitrogen and oxygen atoms in total. The van der Waals surface area contributed by atoms with Crippen molar-refractivity contribution >= 4 is 23.0 Å². The van der Waals surface area contributed by atoms with E-state index in [1.165, 1.54) is 11.3 Å². The van der Waals surface area contributed by atoms with Crippen molar-refractivity contribution < 1.29 is 0 Å². The number of hydrogen-bond donors (Lipinski definition) is 2. The maximum atomic E-state index is 5.34. The van der Waals surface area contributed by atoms with Crippen LogP contribution < -0.4 is 10.6 Å². The lowest BCUT2D eigenvalue weighted by molar-refractivity contribution is 0.561. The molecule has 0 radical (unpaired) electrons. The molecule has 2 N–H and O–H groups in total. The highest BCUT2D eigenvalue weighted by molar-refractivity contribution is 7.80. The second-order valence-electron chi connectivity index (χ2n) is 5.86. The van der Waals surface area contributed by atoms with Gasteiger partial charge in [-0.1, -0.05) is 26.0 Å². The number of nitrogens with one attached hydrogen (secondary N) is 2. The zero-order valence-corrected chi connectivity index (χ0v) is 15.0. The summed E-state index contributed by atoms with van der Waals surface area (Å²) in [7, 11) is 0. The van der Waals surface area contributed by atoms with E-state index in [9.17, 15) is 0 Å². The van der Waals surface area contributed by atoms with E-state index in [0.29, 0.717) is 11.0 Å². The van der Waals surface area contributed by atoms with Gasteiger partial charge in [-0.3, -0.25) is 4.68 Å². The van der Waals surface area contributed by atoms with E-state index < -0.39 is 0 Å². The van der Waals surface area contributed by atoms with Crippen molar-refractivity contribution in [3.63, 3.8) is 0 Å². The minimum absolute atomic E-state index is 0.597. The zero-order chi connectivity index (χ0) is 16.7. The first-order chi connectivity index (χ1) is 11.1. The Balaban J connectivity index is 1.71. The molecule has 1 unspecified atom stereocenters. The minimum atomic E-state index is 0.597. The quantitative estimate of drug-likeness (QED) is 0.593. The average molecular weight is 331 g/mol. The highest BCUT2D eigenvalue weighted by Gasteiger charge is 2.03. The monoisotopic (exact) mass is 330 g/mol. The number of thiocarbonyl (C=S) groups is 1. The van der Waals surface area contributed by atoms with Gasteiger partial charge in [-0.2, -0.15) is 5.10 Å². The molecule has 0 fully saturated rings. The van der Waals surface area contributed by atoms with Crippen molar-refractivity contribution in [2.45, 2.75) is 46.1 Å². The van der Waals surface area contributed by atoms with Crippen LogP contribution in [-0.2, 0) is 6.54 Å². The summed E-state index contributed by atoms with van der Waals surface area (Å²) in [5, 5.41) is 11.4. The molecule has 0 saturated heterocycles. The topological polar surface area (TPSA) is 41.9 Å². The zero-order valence-electron chi connectivity index (χ0n) is 14.2. The van der Waals surface area contributed by atoms with E-state index in [1.54, 1.807) is 0 Å². The van der Waals surface area contributed by atoms with Crippen LogP contribution in [0.3, 0.4) is 0 Å². The van der Waals surface area contributed by atoms with Crippen molar-refractivity contribution in [2.24, 2.45) is 0 Å². The standard InChI is InChI=1S/C18H26N4S/c1-4-14(2)16-6-8-17(9-7-16)21-18(23)19-11-5-13-22-15(3)10-12-20-22/h6-10,12,14H,4-5,11,13H2,1-3H3,(H2,19,21,23). The van der Waals surface area contributed by atoms with Gasteiger partial charge in [0.15, 0.2) is 5.11 Å². The van der Waals surface area contributed by atoms with Gasteiger partial charge in [0, 0.05) is 30.7 Å². The van der Waals surface area contributed by atoms with Gasteiger partial charge < -0.3 is 10.6 Å². The Morgan fingerprint density at radius 1 is 1.26 bits per heavy atom. The molecule has 0 aliphatic rings. The molecule has 0 spiro atoms. The number of anilines is 1. The van der Waals surface area contributed by atoms with Crippen molar-refractivity contribution in [3.8, 4) is 0 Å². The van der Waals surface area contributed by atoms with Crippen LogP contribution in [0.2, 0.25) is 0 Å². The van der Waals surface area contributed by atoms with E-state index in [0.717, 1.165) is 31.6 Å². The maximum Gasteiger partial charge on any atom is 0.170 e. The first kappa shape index (κ1) is 17.5. The number of nitrogens with zero attached hydrogens (tertiary/aromatic N) is 2. The predicted molar refractivity (Wildman–Crippen MR) is 101 cm³/mol. The molecule has 0 aliphatic carbocycles. The summed E-state index contributed by atoms with van der Waals surface area (Å²) in [5.74, 6) is 0.597. The second kappa shape index (κ2) is 8.67. The summed E-state index contributed by atoms with van der Waals surface area (Å²) < 4.78 is 2.01. The molecule has 124 valence electrons. The van der Waals surface area contributed by atoms with Gasteiger partial charge in [0.25, 0.3) is 0 Å². The normalized spacial score (nSPS) is 12.0. The fourth-order valence-electron chi connectivity index (χ4n) is 2.37. The van der Waals surface area contributed by atoms with Gasteiger partial charge in [-0.05, 0) is 61.7 Å². The summed E-state index contributed by atoms with van der Waals surface area (Å²) in [6.07, 6.45) is 3.97. The fourth-order valence-corrected chi connectivity index (χ4v) is 2.59. The second-order valence-corrected chi connectivity index (χ2v) is 6.27. The van der Waals surface area contributed by atoms with Crippen LogP contribution in [0.1, 0.15) is 43.9 Å². The first-order valence-electron chi connectivity index (χ1n) is 8.23. The molecular formula is C18H26N4S. The lowest BCUT2D eigenvalue weighted by Crippen LogP contribution is -2.29. The third kappa shape index (κ3) is 5.36. The Hall–Kier alpha value is -1.88. The molecule has 0 saturated carbocycles. The molecule has 1 heterocycles. The van der Waals surface area contributed by atoms with E-state index in [2.05, 4.69) is 60.8 Å². The van der Waals surface area contributed by atoms with Gasteiger partial charge in [-0.15, -0.1) is 0 Å². The third-order valence-electron chi connectivity index (χ3n) is 4.11. The molecular weight excluding hydrogens is 304 g/mol. The van der Waals surface area contributed by atoms with Crippen LogP contribution >= 0.6 is 12.2 Å². The first-order valence-corrected chi connectivity index (χ1v) is 8.64. The highest BCUT2D eigenvalue weighted by Crippen LogP contribution is 2.20. The van der Waals surface area contributed by atoms with Gasteiger partial charge in [0.2, 0.25) is 0 Å². The van der Waals surface area contributed by atoms with Gasteiger partial charge in [-0.25, -0.2) is 0 Å². The molecule has 23 heavy (non-hydrogen) atoms. The number of benzene rings is 1. The molecule has 2 aromatic rings. The molecule has 1 aromatic carbocycles. The van der Waals surface area contributed by atoms with Gasteiger partial charge >= 0.3 is 0 Å². The lowest BCUT2D eigenvalue weighted by atomic mass is 9.99. The predicted octanol–water partition coefficient (Wildman–Crippen LogP) is 4.08. The maximum absolute atomic E-state index is 5.34. The Kier molecular flexibility index (Phi) is 6.59. The summed E-state index contributed by atoms with van der Waals surface area (Å²) >= 11 is 5.34. The Labute approximate surface area is 144 Å². The molecule has 0 bridgehead atoms. The van der Waals surface area contributed by atoms with Crippen LogP contribution in [0.5, 0.6) is 0 Å². The van der Waals surface area contributed by atoms with E-state index >= 15 is 0 Å². The molecule has 2 rings (SSSR count). The third-order valence-corrected chi connectivity index (χ3v) is 4.36. The SMILES string of the molecule is CCC(C)c1ccc(NC(=S)NCCCn2nccc2C)cc1. The number of aryl methyl sites for hydroxylation is 2. The molecule has 5 heteroatoms. The summed E-state index contributed by atoms with van der Waals surface area (Å²) in [4.78, 5) is 0. The largest absolute Gasteiger partial charge is 0.362 e. The molecule has 1 atom stereocenters. The molecule has 0 aliphatic heterocycles. The van der Waals surface area contributed by atoms with Gasteiger partial charge in [0.05, 0.1) is 0 Å². The Bertz CT molecular complexity index is 618. The van der Waals surface area contributed by atoms with Crippen molar-refractivity contribution in [2.75, 3.05) is 11.9 Å². The van der Waals surface area contributed by atoms with E-state index in [-0.39, 0.29) is 0 Å². The van der Waals surface area contributed by atoms with E-state index in [1.807, 2.05) is 16.9 Å². The Morgan fingerprint density at radius 2 is 2.00 bits per heavy atom. The minimum Gasteiger partial charge on any atom is -0.362 e. The van der Waals surface area contributed by atoms with Crippen LogP contribution in [0.15, 0.2) is 36.5 Å². The van der Waals surface area contributed by atoms with Crippen LogP contribution in [0, 0.1) is 6.92 Å². The van der Waals surface area contributed by atoms with Crippen LogP contribution in [0.25, 0.3) is 0 Å². The van der Waals surface area contributed by atoms with Crippen molar-refractivity contribution in [1.82, 2.24) is 15.1 Å². The number of hydrogen-bond acceptors (Lipinski definition) is 2. The molecule has 1 aromatic heterocycles.